The number of allylic oxidation sites excluding steroid dienone is 1. The van der Waals surface area contributed by atoms with Gasteiger partial charge in [-0.15, -0.1) is 0 Å². The molecule has 0 radical (unpaired) electrons. The van der Waals surface area contributed by atoms with Gasteiger partial charge in [-0.3, -0.25) is 0 Å². The van der Waals surface area contributed by atoms with Crippen molar-refractivity contribution in [3.8, 4) is 17.2 Å². The predicted octanol–water partition coefficient (Wildman–Crippen LogP) is 5.93. The SMILES string of the molecule is C/C=N\N1C(C(=O)OC)=C(OCc2ccccc2)c2ccc(Oc3ccccc3)c(O)c2/C1=C\C. The van der Waals surface area contributed by atoms with E-state index in [-0.39, 0.29) is 29.6 Å². The van der Waals surface area contributed by atoms with Crippen LogP contribution in [0.3, 0.4) is 0 Å². The number of carbonyl (C=O) groups excluding carboxylic acids is 1. The van der Waals surface area contributed by atoms with Crippen molar-refractivity contribution in [3.63, 3.8) is 0 Å². The third-order valence-corrected chi connectivity index (χ3v) is 5.38. The van der Waals surface area contributed by atoms with Crippen LogP contribution in [-0.2, 0) is 20.9 Å². The Morgan fingerprint density at radius 3 is 2.31 bits per heavy atom. The first-order chi connectivity index (χ1) is 17.1. The van der Waals surface area contributed by atoms with Gasteiger partial charge in [-0.1, -0.05) is 54.6 Å². The summed E-state index contributed by atoms with van der Waals surface area (Å²) in [5.74, 6) is 0.371. The van der Waals surface area contributed by atoms with Gasteiger partial charge in [0.05, 0.1) is 18.4 Å². The molecule has 0 atom stereocenters. The van der Waals surface area contributed by atoms with Crippen LogP contribution in [0.1, 0.15) is 30.5 Å². The van der Waals surface area contributed by atoms with Gasteiger partial charge in [0.1, 0.15) is 12.4 Å². The van der Waals surface area contributed by atoms with Gasteiger partial charge in [-0.05, 0) is 43.7 Å². The molecule has 178 valence electrons. The maximum atomic E-state index is 12.9. The van der Waals surface area contributed by atoms with Crippen LogP contribution in [0.2, 0.25) is 0 Å². The van der Waals surface area contributed by atoms with Crippen LogP contribution in [0, 0.1) is 0 Å². The average molecular weight is 471 g/mol. The minimum absolute atomic E-state index is 0.0968. The van der Waals surface area contributed by atoms with Gasteiger partial charge in [0.15, 0.2) is 23.0 Å². The number of carbonyl (C=O) groups is 1. The number of phenolic OH excluding ortho intramolecular Hbond substituents is 1. The number of para-hydroxylation sites is 1. The molecule has 35 heavy (non-hydrogen) atoms. The first-order valence-electron chi connectivity index (χ1n) is 11.1. The zero-order valence-electron chi connectivity index (χ0n) is 19.8. The molecule has 3 aromatic rings. The van der Waals surface area contributed by atoms with Crippen LogP contribution in [0.5, 0.6) is 17.2 Å². The molecule has 1 aliphatic rings. The third-order valence-electron chi connectivity index (χ3n) is 5.38. The molecule has 0 fully saturated rings. The number of hydrazone groups is 1. The summed E-state index contributed by atoms with van der Waals surface area (Å²) in [6.45, 7) is 3.73. The Hall–Kier alpha value is -4.52. The highest BCUT2D eigenvalue weighted by atomic mass is 16.5. The second-order valence-corrected chi connectivity index (χ2v) is 7.55. The second kappa shape index (κ2) is 10.6. The molecule has 7 heteroatoms. The Morgan fingerprint density at radius 1 is 1.00 bits per heavy atom. The lowest BCUT2D eigenvalue weighted by molar-refractivity contribution is -0.137. The second-order valence-electron chi connectivity index (χ2n) is 7.55. The zero-order valence-corrected chi connectivity index (χ0v) is 19.8. The normalized spacial score (nSPS) is 14.3. The summed E-state index contributed by atoms with van der Waals surface area (Å²) in [6, 6.07) is 22.2. The lowest BCUT2D eigenvalue weighted by atomic mass is 9.95. The minimum atomic E-state index is -0.618. The van der Waals surface area contributed by atoms with Crippen molar-refractivity contribution in [1.82, 2.24) is 5.01 Å². The number of methoxy groups -OCH3 is 1. The molecule has 0 aromatic heterocycles. The van der Waals surface area contributed by atoms with E-state index in [1.165, 1.54) is 12.1 Å². The Balaban J connectivity index is 1.89. The molecular weight excluding hydrogens is 444 g/mol. The number of fused-ring (bicyclic) bond motifs is 1. The zero-order chi connectivity index (χ0) is 24.8. The summed E-state index contributed by atoms with van der Waals surface area (Å²) >= 11 is 0. The highest BCUT2D eigenvalue weighted by molar-refractivity contribution is 6.02. The third kappa shape index (κ3) is 4.75. The van der Waals surface area contributed by atoms with E-state index >= 15 is 0 Å². The maximum Gasteiger partial charge on any atom is 0.360 e. The summed E-state index contributed by atoms with van der Waals surface area (Å²) in [6.07, 6.45) is 3.31. The largest absolute Gasteiger partial charge is 0.504 e. The Kier molecular flexibility index (Phi) is 7.16. The summed E-state index contributed by atoms with van der Waals surface area (Å²) in [7, 11) is 1.30. The molecule has 1 heterocycles. The van der Waals surface area contributed by atoms with Crippen molar-refractivity contribution < 1.29 is 24.1 Å². The van der Waals surface area contributed by atoms with Crippen molar-refractivity contribution in [3.05, 3.63) is 101 Å². The van der Waals surface area contributed by atoms with Gasteiger partial charge in [0, 0.05) is 11.8 Å². The fourth-order valence-corrected chi connectivity index (χ4v) is 3.82. The highest BCUT2D eigenvalue weighted by Gasteiger charge is 2.37. The molecule has 0 bridgehead atoms. The van der Waals surface area contributed by atoms with Crippen LogP contribution < -0.4 is 4.74 Å². The summed E-state index contributed by atoms with van der Waals surface area (Å²) in [5.41, 5.74) is 2.47. The predicted molar refractivity (Wildman–Crippen MR) is 134 cm³/mol. The lowest BCUT2D eigenvalue weighted by Gasteiger charge is -2.32. The van der Waals surface area contributed by atoms with Crippen LogP contribution in [0.4, 0.5) is 0 Å². The molecule has 0 aliphatic carbocycles. The van der Waals surface area contributed by atoms with E-state index in [4.69, 9.17) is 14.2 Å². The lowest BCUT2D eigenvalue weighted by Crippen LogP contribution is -2.29. The number of rotatable bonds is 7. The molecule has 4 rings (SSSR count). The number of nitrogens with zero attached hydrogens (tertiary/aromatic N) is 2. The number of benzene rings is 3. The standard InChI is InChI=1S/C28H26N2O5/c1-4-22-24-21(16-17-23(26(24)31)35-20-14-10-7-11-15-20)27(34-18-19-12-8-6-9-13-19)25(28(32)33-3)30(22)29-5-2/h4-17,31H,18H2,1-3H3/b22-4+,29-5-. The van der Waals surface area contributed by atoms with Crippen molar-refractivity contribution >= 4 is 23.6 Å². The summed E-state index contributed by atoms with van der Waals surface area (Å²) < 4.78 is 17.2. The molecule has 1 aliphatic heterocycles. The van der Waals surface area contributed by atoms with Crippen molar-refractivity contribution in [2.24, 2.45) is 5.10 Å². The molecule has 0 saturated heterocycles. The monoisotopic (exact) mass is 470 g/mol. The van der Waals surface area contributed by atoms with Crippen LogP contribution in [-0.4, -0.2) is 29.4 Å². The molecule has 0 amide bonds. The number of phenols is 1. The van der Waals surface area contributed by atoms with E-state index in [0.29, 0.717) is 22.6 Å². The minimum Gasteiger partial charge on any atom is -0.504 e. The van der Waals surface area contributed by atoms with Crippen LogP contribution in [0.25, 0.3) is 11.5 Å². The average Bonchev–Trinajstić information content (AvgIpc) is 2.89. The van der Waals surface area contributed by atoms with E-state index < -0.39 is 5.97 Å². The van der Waals surface area contributed by atoms with Crippen molar-refractivity contribution in [2.45, 2.75) is 20.5 Å². The molecule has 0 unspecified atom stereocenters. The van der Waals surface area contributed by atoms with Gasteiger partial charge < -0.3 is 19.3 Å². The number of aromatic hydroxyl groups is 1. The number of hydrogen-bond donors (Lipinski definition) is 1. The molecule has 0 saturated carbocycles. The van der Waals surface area contributed by atoms with E-state index in [1.54, 1.807) is 50.4 Å². The summed E-state index contributed by atoms with van der Waals surface area (Å²) in [4.78, 5) is 12.9. The summed E-state index contributed by atoms with van der Waals surface area (Å²) in [5, 5.41) is 17.1. The number of ether oxygens (including phenoxy) is 3. The molecular formula is C28H26N2O5. The van der Waals surface area contributed by atoms with Gasteiger partial charge in [-0.25, -0.2) is 9.80 Å². The van der Waals surface area contributed by atoms with E-state index in [9.17, 15) is 9.90 Å². The smallest absolute Gasteiger partial charge is 0.360 e. The Bertz CT molecular complexity index is 1300. The van der Waals surface area contributed by atoms with Gasteiger partial charge >= 0.3 is 5.97 Å². The van der Waals surface area contributed by atoms with Crippen molar-refractivity contribution in [1.29, 1.82) is 0 Å². The first-order valence-corrected chi connectivity index (χ1v) is 11.1. The van der Waals surface area contributed by atoms with Gasteiger partial charge in [0.25, 0.3) is 0 Å². The molecule has 7 nitrogen and oxygen atoms in total. The first kappa shape index (κ1) is 23.6. The number of hydrogen-bond acceptors (Lipinski definition) is 7. The fraction of sp³-hybridized carbons (Fsp3) is 0.143. The van der Waals surface area contributed by atoms with Gasteiger partial charge in [-0.2, -0.15) is 5.10 Å². The van der Waals surface area contributed by atoms with E-state index in [1.807, 2.05) is 48.5 Å². The van der Waals surface area contributed by atoms with Crippen molar-refractivity contribution in [2.75, 3.05) is 7.11 Å². The molecule has 3 aromatic carbocycles. The van der Waals surface area contributed by atoms with Crippen LogP contribution in [0.15, 0.2) is 89.7 Å². The molecule has 1 N–H and O–H groups in total. The quantitative estimate of drug-likeness (QED) is 0.341. The Morgan fingerprint density at radius 2 is 1.69 bits per heavy atom. The van der Waals surface area contributed by atoms with Crippen LogP contribution >= 0.6 is 0 Å². The van der Waals surface area contributed by atoms with Gasteiger partial charge in [0.2, 0.25) is 0 Å². The highest BCUT2D eigenvalue weighted by Crippen LogP contribution is 2.48. The van der Waals surface area contributed by atoms with E-state index in [2.05, 4.69) is 5.10 Å². The molecule has 0 spiro atoms. The maximum absolute atomic E-state index is 12.9. The topological polar surface area (TPSA) is 80.6 Å². The van der Waals surface area contributed by atoms with E-state index in [0.717, 1.165) is 5.56 Å². The Labute approximate surface area is 204 Å². The fourth-order valence-electron chi connectivity index (χ4n) is 3.82. The number of esters is 1.